The number of esters is 1. The Morgan fingerprint density at radius 3 is 2.46 bits per heavy atom. The van der Waals surface area contributed by atoms with Gasteiger partial charge >= 0.3 is 5.97 Å². The minimum absolute atomic E-state index is 0.185. The van der Waals surface area contributed by atoms with Crippen LogP contribution in [0.3, 0.4) is 0 Å². The number of hydrogen-bond donors (Lipinski definition) is 2. The molecule has 4 aromatic rings. The van der Waals surface area contributed by atoms with E-state index in [1.807, 2.05) is 43.3 Å². The molecule has 3 atom stereocenters. The number of nitrogens with zero attached hydrogens (tertiary/aromatic N) is 1. The topological polar surface area (TPSA) is 97.6 Å². The van der Waals surface area contributed by atoms with Crippen molar-refractivity contribution in [1.29, 1.82) is 0 Å². The van der Waals surface area contributed by atoms with Crippen molar-refractivity contribution in [3.63, 3.8) is 0 Å². The molecule has 1 fully saturated rings. The van der Waals surface area contributed by atoms with E-state index in [4.69, 9.17) is 4.74 Å². The summed E-state index contributed by atoms with van der Waals surface area (Å²) in [5.41, 5.74) is 3.24. The number of para-hydroxylation sites is 1. The third-order valence-corrected chi connectivity index (χ3v) is 8.43. The van der Waals surface area contributed by atoms with Crippen LogP contribution in [0, 0.1) is 6.92 Å². The number of methoxy groups -OCH3 is 1. The highest BCUT2D eigenvalue weighted by Crippen LogP contribution is 2.38. The standard InChI is InChI=1S/C27H28N2O5S/c1-17-10-13-19(14-11-17)35(32,33)28-22-7-5-9-25(26(22)30)29-23-8-4-3-6-20(23)21-16-18(27(31)34-2)12-15-24(21)29/h3-4,6,8,10-16,22,25-26,28,30H,5,7,9H2,1-2H3/t22-,25+,26+/m1/s1. The summed E-state index contributed by atoms with van der Waals surface area (Å²) < 4.78 is 35.8. The molecule has 0 radical (unpaired) electrons. The Kier molecular flexibility index (Phi) is 6.13. The molecule has 5 rings (SSSR count). The second-order valence-electron chi connectivity index (χ2n) is 9.14. The van der Waals surface area contributed by atoms with Crippen molar-refractivity contribution in [2.75, 3.05) is 7.11 Å². The minimum Gasteiger partial charge on any atom is -0.465 e. The monoisotopic (exact) mass is 492 g/mol. The number of aliphatic hydroxyl groups excluding tert-OH is 1. The molecule has 0 amide bonds. The highest BCUT2D eigenvalue weighted by atomic mass is 32.2. The number of hydrogen-bond acceptors (Lipinski definition) is 5. The first-order valence-electron chi connectivity index (χ1n) is 11.7. The first kappa shape index (κ1) is 23.5. The van der Waals surface area contributed by atoms with Crippen LogP contribution < -0.4 is 4.72 Å². The molecule has 0 saturated heterocycles. The predicted molar refractivity (Wildman–Crippen MR) is 135 cm³/mol. The van der Waals surface area contributed by atoms with Gasteiger partial charge < -0.3 is 14.4 Å². The van der Waals surface area contributed by atoms with E-state index in [0.29, 0.717) is 18.4 Å². The third-order valence-electron chi connectivity index (χ3n) is 6.92. The van der Waals surface area contributed by atoms with Crippen molar-refractivity contribution < 1.29 is 23.1 Å². The fourth-order valence-electron chi connectivity index (χ4n) is 5.16. The van der Waals surface area contributed by atoms with E-state index in [-0.39, 0.29) is 10.9 Å². The summed E-state index contributed by atoms with van der Waals surface area (Å²) in [4.78, 5) is 12.3. The number of aromatic nitrogens is 1. The first-order valence-corrected chi connectivity index (χ1v) is 13.2. The Labute approximate surface area is 204 Å². The summed E-state index contributed by atoms with van der Waals surface area (Å²) in [5.74, 6) is -0.410. The first-order chi connectivity index (χ1) is 16.8. The van der Waals surface area contributed by atoms with Gasteiger partial charge in [-0.25, -0.2) is 17.9 Å². The van der Waals surface area contributed by atoms with Gasteiger partial charge in [-0.05, 0) is 62.6 Å². The van der Waals surface area contributed by atoms with E-state index in [1.165, 1.54) is 7.11 Å². The molecule has 0 aliphatic heterocycles. The second kappa shape index (κ2) is 9.11. The Hall–Kier alpha value is -3.20. The number of carbonyl (C=O) groups is 1. The highest BCUT2D eigenvalue weighted by molar-refractivity contribution is 7.89. The lowest BCUT2D eigenvalue weighted by Gasteiger charge is -2.36. The van der Waals surface area contributed by atoms with Gasteiger partial charge in [0.2, 0.25) is 10.0 Å². The zero-order valence-electron chi connectivity index (χ0n) is 19.6. The molecule has 0 bridgehead atoms. The lowest BCUT2D eigenvalue weighted by molar-refractivity contribution is 0.0546. The average molecular weight is 493 g/mol. The summed E-state index contributed by atoms with van der Waals surface area (Å²) in [6.07, 6.45) is 1.09. The lowest BCUT2D eigenvalue weighted by Crippen LogP contribution is -2.49. The van der Waals surface area contributed by atoms with Crippen LogP contribution in [0.2, 0.25) is 0 Å². The fraction of sp³-hybridized carbons (Fsp3) is 0.296. The minimum atomic E-state index is -3.78. The van der Waals surface area contributed by atoms with Crippen molar-refractivity contribution in [2.45, 2.75) is 49.3 Å². The molecule has 0 spiro atoms. The van der Waals surface area contributed by atoms with Gasteiger partial charge in [0.1, 0.15) is 0 Å². The van der Waals surface area contributed by atoms with Crippen molar-refractivity contribution in [1.82, 2.24) is 9.29 Å². The van der Waals surface area contributed by atoms with Gasteiger partial charge in [0, 0.05) is 21.8 Å². The van der Waals surface area contributed by atoms with Gasteiger partial charge in [-0.2, -0.15) is 0 Å². The van der Waals surface area contributed by atoms with Crippen molar-refractivity contribution in [2.24, 2.45) is 0 Å². The van der Waals surface area contributed by atoms with Crippen LogP contribution >= 0.6 is 0 Å². The maximum Gasteiger partial charge on any atom is 0.337 e. The zero-order valence-corrected chi connectivity index (χ0v) is 20.5. The van der Waals surface area contributed by atoms with Gasteiger partial charge in [0.15, 0.2) is 0 Å². The van der Waals surface area contributed by atoms with Gasteiger partial charge in [-0.15, -0.1) is 0 Å². The molecule has 1 heterocycles. The number of rotatable bonds is 5. The Balaban J connectivity index is 1.54. The second-order valence-corrected chi connectivity index (χ2v) is 10.9. The highest BCUT2D eigenvalue weighted by Gasteiger charge is 2.37. The Bertz CT molecular complexity index is 1510. The third kappa shape index (κ3) is 4.22. The predicted octanol–water partition coefficient (Wildman–Crippen LogP) is 4.32. The fourth-order valence-corrected chi connectivity index (χ4v) is 6.44. The number of fused-ring (bicyclic) bond motifs is 3. The van der Waals surface area contributed by atoms with Crippen molar-refractivity contribution in [3.8, 4) is 0 Å². The zero-order chi connectivity index (χ0) is 24.7. The SMILES string of the molecule is COC(=O)c1ccc2c(c1)c1ccccc1n2[C@H]1CCC[C@@H](NS(=O)(=O)c2ccc(C)cc2)[C@@H]1O. The molecule has 2 N–H and O–H groups in total. The van der Waals surface area contributed by atoms with E-state index in [9.17, 15) is 18.3 Å². The average Bonchev–Trinajstić information content (AvgIpc) is 3.18. The number of ether oxygens (including phenoxy) is 1. The number of carbonyl (C=O) groups excluding carboxylic acids is 1. The molecular weight excluding hydrogens is 464 g/mol. The number of aliphatic hydroxyl groups is 1. The lowest BCUT2D eigenvalue weighted by atomic mass is 9.88. The molecule has 1 saturated carbocycles. The summed E-state index contributed by atoms with van der Waals surface area (Å²) in [5, 5.41) is 13.3. The van der Waals surface area contributed by atoms with E-state index in [2.05, 4.69) is 9.29 Å². The molecule has 3 aromatic carbocycles. The summed E-state index contributed by atoms with van der Waals surface area (Å²) in [6.45, 7) is 1.90. The van der Waals surface area contributed by atoms with Crippen LogP contribution in [0.15, 0.2) is 71.6 Å². The van der Waals surface area contributed by atoms with Crippen LogP contribution in [0.25, 0.3) is 21.8 Å². The molecular formula is C27H28N2O5S. The summed E-state index contributed by atoms with van der Waals surface area (Å²) >= 11 is 0. The Morgan fingerprint density at radius 2 is 1.71 bits per heavy atom. The number of aryl methyl sites for hydroxylation is 1. The maximum absolute atomic E-state index is 13.0. The van der Waals surface area contributed by atoms with Crippen LogP contribution in [-0.2, 0) is 14.8 Å². The largest absolute Gasteiger partial charge is 0.465 e. The molecule has 8 heteroatoms. The van der Waals surface area contributed by atoms with E-state index < -0.39 is 28.1 Å². The number of benzene rings is 3. The molecule has 1 aliphatic carbocycles. The van der Waals surface area contributed by atoms with E-state index in [0.717, 1.165) is 33.8 Å². The van der Waals surface area contributed by atoms with Gasteiger partial charge in [-0.1, -0.05) is 35.9 Å². The van der Waals surface area contributed by atoms with Crippen LogP contribution in [0.4, 0.5) is 0 Å². The van der Waals surface area contributed by atoms with E-state index >= 15 is 0 Å². The molecule has 1 aliphatic rings. The molecule has 1 aromatic heterocycles. The molecule has 35 heavy (non-hydrogen) atoms. The van der Waals surface area contributed by atoms with Crippen LogP contribution in [0.1, 0.15) is 41.2 Å². The summed E-state index contributed by atoms with van der Waals surface area (Å²) in [6, 6.07) is 19.0. The quantitative estimate of drug-likeness (QED) is 0.405. The van der Waals surface area contributed by atoms with Crippen molar-refractivity contribution >= 4 is 37.8 Å². The van der Waals surface area contributed by atoms with Crippen LogP contribution in [-0.4, -0.2) is 43.3 Å². The smallest absolute Gasteiger partial charge is 0.337 e. The number of nitrogens with one attached hydrogen (secondary N) is 1. The van der Waals surface area contributed by atoms with Gasteiger partial charge in [0.05, 0.1) is 35.8 Å². The number of sulfonamides is 1. The maximum atomic E-state index is 13.0. The van der Waals surface area contributed by atoms with E-state index in [1.54, 1.807) is 30.3 Å². The molecule has 0 unspecified atom stereocenters. The Morgan fingerprint density at radius 1 is 1.00 bits per heavy atom. The van der Waals surface area contributed by atoms with Gasteiger partial charge in [-0.3, -0.25) is 0 Å². The van der Waals surface area contributed by atoms with Gasteiger partial charge in [0.25, 0.3) is 0 Å². The van der Waals surface area contributed by atoms with Crippen molar-refractivity contribution in [3.05, 3.63) is 77.9 Å². The van der Waals surface area contributed by atoms with Crippen LogP contribution in [0.5, 0.6) is 0 Å². The summed E-state index contributed by atoms with van der Waals surface area (Å²) in [7, 11) is -2.42. The normalized spacial score (nSPS) is 20.8. The molecule has 7 nitrogen and oxygen atoms in total. The molecule has 182 valence electrons.